The number of thiazole rings is 1. The van der Waals surface area contributed by atoms with Crippen molar-refractivity contribution in [2.24, 2.45) is 0 Å². The van der Waals surface area contributed by atoms with Gasteiger partial charge in [0.2, 0.25) is 0 Å². The summed E-state index contributed by atoms with van der Waals surface area (Å²) in [6.07, 6.45) is 5.88. The Labute approximate surface area is 151 Å². The Kier molecular flexibility index (Phi) is 4.65. The van der Waals surface area contributed by atoms with Crippen molar-refractivity contribution in [2.75, 3.05) is 5.32 Å². The molecule has 0 bridgehead atoms. The number of rotatable bonds is 3. The number of hydrogen-bond acceptors (Lipinski definition) is 3. The lowest BCUT2D eigenvalue weighted by molar-refractivity contribution is 0.244. The number of para-hydroxylation sites is 1. The zero-order valence-electron chi connectivity index (χ0n) is 14.0. The summed E-state index contributed by atoms with van der Waals surface area (Å²) in [5.74, 6) is 0. The lowest BCUT2D eigenvalue weighted by Crippen LogP contribution is -2.38. The molecule has 1 heterocycles. The molecule has 2 aromatic carbocycles. The first-order chi connectivity index (χ1) is 12.3. The number of aromatic nitrogens is 1. The molecule has 0 unspecified atom stereocenters. The molecule has 1 aromatic heterocycles. The summed E-state index contributed by atoms with van der Waals surface area (Å²) in [4.78, 5) is 16.8. The minimum atomic E-state index is -0.111. The molecular weight excluding hydrogens is 330 g/mol. The van der Waals surface area contributed by atoms with E-state index >= 15 is 0 Å². The predicted octanol–water partition coefficient (Wildman–Crippen LogP) is 5.42. The minimum Gasteiger partial charge on any atom is -0.335 e. The minimum absolute atomic E-state index is 0.111. The van der Waals surface area contributed by atoms with Gasteiger partial charge in [-0.25, -0.2) is 9.78 Å². The monoisotopic (exact) mass is 351 g/mol. The summed E-state index contributed by atoms with van der Waals surface area (Å²) in [5.41, 5.74) is 2.90. The van der Waals surface area contributed by atoms with Gasteiger partial charge in [-0.15, -0.1) is 11.3 Å². The van der Waals surface area contributed by atoms with E-state index < -0.39 is 0 Å². The second-order valence-electron chi connectivity index (χ2n) is 6.50. The first-order valence-electron chi connectivity index (χ1n) is 8.81. The highest BCUT2D eigenvalue weighted by molar-refractivity contribution is 7.21. The highest BCUT2D eigenvalue weighted by Gasteiger charge is 2.15. The molecule has 25 heavy (non-hydrogen) atoms. The first kappa shape index (κ1) is 16.1. The maximum Gasteiger partial charge on any atom is 0.319 e. The molecule has 1 aliphatic carbocycles. The molecule has 0 saturated heterocycles. The topological polar surface area (TPSA) is 54.0 Å². The molecule has 1 saturated carbocycles. The van der Waals surface area contributed by atoms with Gasteiger partial charge in [0.25, 0.3) is 0 Å². The van der Waals surface area contributed by atoms with Crippen molar-refractivity contribution in [1.29, 1.82) is 0 Å². The molecule has 2 amide bonds. The van der Waals surface area contributed by atoms with Crippen LogP contribution < -0.4 is 10.6 Å². The van der Waals surface area contributed by atoms with Crippen LogP contribution in [0.3, 0.4) is 0 Å². The van der Waals surface area contributed by atoms with E-state index in [4.69, 9.17) is 0 Å². The highest BCUT2D eigenvalue weighted by Crippen LogP contribution is 2.30. The van der Waals surface area contributed by atoms with Crippen molar-refractivity contribution >= 4 is 33.3 Å². The third-order valence-corrected chi connectivity index (χ3v) is 5.71. The van der Waals surface area contributed by atoms with Crippen LogP contribution in [0, 0.1) is 0 Å². The maximum atomic E-state index is 12.1. The quantitative estimate of drug-likeness (QED) is 0.662. The number of benzene rings is 2. The van der Waals surface area contributed by atoms with Crippen molar-refractivity contribution < 1.29 is 4.79 Å². The molecule has 2 N–H and O–H groups in total. The Bertz CT molecular complexity index is 833. The zero-order chi connectivity index (χ0) is 17.1. The van der Waals surface area contributed by atoms with Crippen LogP contribution in [0.4, 0.5) is 10.5 Å². The molecule has 0 radical (unpaired) electrons. The Hall–Kier alpha value is -2.40. The Morgan fingerprint density at radius 3 is 2.52 bits per heavy atom. The van der Waals surface area contributed by atoms with Crippen molar-refractivity contribution in [3.05, 3.63) is 48.5 Å². The summed E-state index contributed by atoms with van der Waals surface area (Å²) in [6.45, 7) is 0. The van der Waals surface area contributed by atoms with Gasteiger partial charge in [-0.05, 0) is 49.2 Å². The molecule has 0 aliphatic heterocycles. The zero-order valence-corrected chi connectivity index (χ0v) is 14.8. The summed E-state index contributed by atoms with van der Waals surface area (Å²) in [6, 6.07) is 16.2. The van der Waals surface area contributed by atoms with Gasteiger partial charge in [0.1, 0.15) is 5.01 Å². The second kappa shape index (κ2) is 7.23. The summed E-state index contributed by atoms with van der Waals surface area (Å²) >= 11 is 1.68. The number of nitrogens with one attached hydrogen (secondary N) is 2. The van der Waals surface area contributed by atoms with Gasteiger partial charge in [-0.2, -0.15) is 0 Å². The average molecular weight is 351 g/mol. The van der Waals surface area contributed by atoms with E-state index in [1.54, 1.807) is 11.3 Å². The second-order valence-corrected chi connectivity index (χ2v) is 7.53. The number of amides is 2. The van der Waals surface area contributed by atoms with Crippen molar-refractivity contribution in [3.8, 4) is 10.6 Å². The lowest BCUT2D eigenvalue weighted by Gasteiger charge is -2.22. The van der Waals surface area contributed by atoms with E-state index in [-0.39, 0.29) is 6.03 Å². The summed E-state index contributed by atoms with van der Waals surface area (Å²) in [7, 11) is 0. The molecule has 4 rings (SSSR count). The van der Waals surface area contributed by atoms with E-state index in [1.165, 1.54) is 24.0 Å². The van der Waals surface area contributed by atoms with E-state index in [0.29, 0.717) is 6.04 Å². The number of fused-ring (bicyclic) bond motifs is 1. The van der Waals surface area contributed by atoms with Crippen molar-refractivity contribution in [1.82, 2.24) is 10.3 Å². The molecule has 128 valence electrons. The number of nitrogens with zero attached hydrogens (tertiary/aromatic N) is 1. The summed E-state index contributed by atoms with van der Waals surface area (Å²) in [5, 5.41) is 7.00. The van der Waals surface area contributed by atoms with Crippen LogP contribution in [0.15, 0.2) is 48.5 Å². The fourth-order valence-corrected chi connectivity index (χ4v) is 4.26. The van der Waals surface area contributed by atoms with Crippen LogP contribution in [-0.4, -0.2) is 17.1 Å². The van der Waals surface area contributed by atoms with Gasteiger partial charge in [0, 0.05) is 17.3 Å². The lowest BCUT2D eigenvalue weighted by atomic mass is 9.96. The first-order valence-corrected chi connectivity index (χ1v) is 9.63. The van der Waals surface area contributed by atoms with Crippen molar-refractivity contribution in [2.45, 2.75) is 38.1 Å². The third kappa shape index (κ3) is 3.82. The van der Waals surface area contributed by atoms with E-state index in [9.17, 15) is 4.79 Å². The Balaban J connectivity index is 1.41. The maximum absolute atomic E-state index is 12.1. The normalized spacial score (nSPS) is 15.2. The van der Waals surface area contributed by atoms with Gasteiger partial charge < -0.3 is 10.6 Å². The predicted molar refractivity (Wildman–Crippen MR) is 104 cm³/mol. The van der Waals surface area contributed by atoms with Crippen LogP contribution in [0.1, 0.15) is 32.1 Å². The van der Waals surface area contributed by atoms with E-state index in [2.05, 4.69) is 21.7 Å². The molecule has 4 nitrogen and oxygen atoms in total. The number of carbonyl (C=O) groups excluding carboxylic acids is 1. The third-order valence-electron chi connectivity index (χ3n) is 4.62. The van der Waals surface area contributed by atoms with Crippen molar-refractivity contribution in [3.63, 3.8) is 0 Å². The molecule has 0 spiro atoms. The molecule has 0 atom stereocenters. The van der Waals surface area contributed by atoms with E-state index in [0.717, 1.165) is 34.6 Å². The number of anilines is 1. The Morgan fingerprint density at radius 2 is 1.76 bits per heavy atom. The molecular formula is C20H21N3OS. The number of carbonyl (C=O) groups is 1. The highest BCUT2D eigenvalue weighted by atomic mass is 32.1. The molecule has 5 heteroatoms. The standard InChI is InChI=1S/C20H21N3OS/c24-20(21-15-6-2-1-3-7-15)22-16-12-10-14(11-13-16)19-23-17-8-4-5-9-18(17)25-19/h4-5,8-13,15H,1-3,6-7H2,(H2,21,22,24). The van der Waals surface area contributed by atoms with Gasteiger partial charge in [0.15, 0.2) is 0 Å². The van der Waals surface area contributed by atoms with Crippen LogP contribution >= 0.6 is 11.3 Å². The number of hydrogen-bond donors (Lipinski definition) is 2. The molecule has 3 aromatic rings. The van der Waals surface area contributed by atoms with Crippen LogP contribution in [0.5, 0.6) is 0 Å². The Morgan fingerprint density at radius 1 is 1.00 bits per heavy atom. The van der Waals surface area contributed by atoms with E-state index in [1.807, 2.05) is 42.5 Å². The molecule has 1 aliphatic rings. The number of urea groups is 1. The summed E-state index contributed by atoms with van der Waals surface area (Å²) < 4.78 is 1.19. The average Bonchev–Trinajstić information content (AvgIpc) is 3.07. The van der Waals surface area contributed by atoms with Gasteiger partial charge in [-0.1, -0.05) is 31.4 Å². The fraction of sp³-hybridized carbons (Fsp3) is 0.300. The fourth-order valence-electron chi connectivity index (χ4n) is 3.29. The smallest absolute Gasteiger partial charge is 0.319 e. The van der Waals surface area contributed by atoms with Gasteiger partial charge in [0.05, 0.1) is 10.2 Å². The molecule has 1 fully saturated rings. The van der Waals surface area contributed by atoms with Gasteiger partial charge in [-0.3, -0.25) is 0 Å². The SMILES string of the molecule is O=C(Nc1ccc(-c2nc3ccccc3s2)cc1)NC1CCCCC1. The largest absolute Gasteiger partial charge is 0.335 e. The van der Waals surface area contributed by atoms with Crippen LogP contribution in [-0.2, 0) is 0 Å². The van der Waals surface area contributed by atoms with Crippen LogP contribution in [0.2, 0.25) is 0 Å². The van der Waals surface area contributed by atoms with Gasteiger partial charge >= 0.3 is 6.03 Å². The van der Waals surface area contributed by atoms with Crippen LogP contribution in [0.25, 0.3) is 20.8 Å².